The van der Waals surface area contributed by atoms with E-state index >= 15 is 0 Å². The third-order valence-corrected chi connectivity index (χ3v) is 10.1. The molecule has 2 aromatic heterocycles. The van der Waals surface area contributed by atoms with Gasteiger partial charge in [0.05, 0.1) is 27.8 Å². The third-order valence-electron chi connectivity index (χ3n) is 10.1. The van der Waals surface area contributed by atoms with Gasteiger partial charge in [0.2, 0.25) is 0 Å². The number of aromatic nitrogens is 2. The van der Waals surface area contributed by atoms with Gasteiger partial charge in [-0.3, -0.25) is 0 Å². The van der Waals surface area contributed by atoms with Gasteiger partial charge in [-0.15, -0.1) is 0 Å². The molecule has 0 radical (unpaired) electrons. The quantitative estimate of drug-likeness (QED) is 0.174. The van der Waals surface area contributed by atoms with Crippen molar-refractivity contribution in [2.45, 2.75) is 0 Å². The highest BCUT2D eigenvalue weighted by atomic mass is 15.2. The normalized spacial score (nSPS) is 11.5. The zero-order chi connectivity index (χ0) is 33.7. The van der Waals surface area contributed by atoms with Crippen molar-refractivity contribution in [3.8, 4) is 22.5 Å². The maximum Gasteiger partial charge on any atom is 0.0562 e. The summed E-state index contributed by atoms with van der Waals surface area (Å²) in [6.07, 6.45) is 0. The van der Waals surface area contributed by atoms with Gasteiger partial charge in [-0.2, -0.15) is 0 Å². The van der Waals surface area contributed by atoms with Crippen LogP contribution in [0.5, 0.6) is 0 Å². The molecule has 0 spiro atoms. The van der Waals surface area contributed by atoms with Crippen molar-refractivity contribution in [3.05, 3.63) is 200 Å². The second kappa shape index (κ2) is 11.9. The zero-order valence-corrected chi connectivity index (χ0v) is 27.9. The molecule has 0 saturated heterocycles. The van der Waals surface area contributed by atoms with Crippen LogP contribution in [0.1, 0.15) is 0 Å². The van der Waals surface area contributed by atoms with Crippen molar-refractivity contribution in [1.29, 1.82) is 0 Å². The number of fused-ring (bicyclic) bond motifs is 6. The standard InChI is InChI=1S/C48H33N3/c1-4-16-34(17-5-1)35-18-14-23-38(32-35)49(39-30-31-41-40-24-10-12-26-43(40)51(47(41)33-39)37-21-8-3-9-22-37)45-28-15-29-46-48(45)42-25-11-13-27-44(42)50(46)36-19-6-2-7-20-36/h1-33H. The molecule has 0 unspecified atom stereocenters. The van der Waals surface area contributed by atoms with E-state index in [1.807, 2.05) is 0 Å². The van der Waals surface area contributed by atoms with Gasteiger partial charge in [-0.05, 0) is 83.9 Å². The van der Waals surface area contributed by atoms with E-state index in [0.717, 1.165) is 28.4 Å². The summed E-state index contributed by atoms with van der Waals surface area (Å²) in [7, 11) is 0. The Hall–Kier alpha value is -6.84. The van der Waals surface area contributed by atoms with Crippen LogP contribution >= 0.6 is 0 Å². The van der Waals surface area contributed by atoms with Crippen LogP contribution in [0.3, 0.4) is 0 Å². The summed E-state index contributed by atoms with van der Waals surface area (Å²) in [6, 6.07) is 72.2. The molecule has 0 aliphatic carbocycles. The van der Waals surface area contributed by atoms with Crippen molar-refractivity contribution >= 4 is 60.7 Å². The topological polar surface area (TPSA) is 13.1 Å². The average molecular weight is 652 g/mol. The van der Waals surface area contributed by atoms with Crippen LogP contribution in [0.25, 0.3) is 66.1 Å². The lowest BCUT2D eigenvalue weighted by molar-refractivity contribution is 1.17. The van der Waals surface area contributed by atoms with Crippen molar-refractivity contribution in [2.24, 2.45) is 0 Å². The molecule has 0 aliphatic heterocycles. The molecule has 0 fully saturated rings. The Balaban J connectivity index is 1.29. The van der Waals surface area contributed by atoms with Crippen LogP contribution in [0, 0.1) is 0 Å². The Bertz CT molecular complexity index is 2850. The second-order valence-corrected chi connectivity index (χ2v) is 13.0. The molecule has 0 atom stereocenters. The van der Waals surface area contributed by atoms with Gasteiger partial charge in [0, 0.05) is 44.3 Å². The predicted octanol–water partition coefficient (Wildman–Crippen LogP) is 13.0. The summed E-state index contributed by atoms with van der Waals surface area (Å²) in [4.78, 5) is 2.45. The summed E-state index contributed by atoms with van der Waals surface area (Å²) in [5.41, 5.74) is 12.7. The van der Waals surface area contributed by atoms with E-state index in [0.29, 0.717) is 0 Å². The van der Waals surface area contributed by atoms with Crippen LogP contribution in [-0.4, -0.2) is 9.13 Å². The molecule has 0 amide bonds. The Morgan fingerprint density at radius 2 is 0.824 bits per heavy atom. The highest BCUT2D eigenvalue weighted by Crippen LogP contribution is 2.45. The van der Waals surface area contributed by atoms with Crippen molar-refractivity contribution in [1.82, 2.24) is 9.13 Å². The Kier molecular flexibility index (Phi) is 6.81. The van der Waals surface area contributed by atoms with Gasteiger partial charge in [-0.1, -0.05) is 127 Å². The number of anilines is 3. The van der Waals surface area contributed by atoms with Gasteiger partial charge in [0.25, 0.3) is 0 Å². The fraction of sp³-hybridized carbons (Fsp3) is 0. The Morgan fingerprint density at radius 1 is 0.314 bits per heavy atom. The summed E-state index contributed by atoms with van der Waals surface area (Å²) in [5.74, 6) is 0. The minimum Gasteiger partial charge on any atom is -0.310 e. The molecule has 51 heavy (non-hydrogen) atoms. The van der Waals surface area contributed by atoms with E-state index in [-0.39, 0.29) is 0 Å². The summed E-state index contributed by atoms with van der Waals surface area (Å²) in [5, 5.41) is 4.91. The maximum absolute atomic E-state index is 2.45. The first-order valence-corrected chi connectivity index (χ1v) is 17.5. The van der Waals surface area contributed by atoms with Gasteiger partial charge < -0.3 is 14.0 Å². The van der Waals surface area contributed by atoms with Crippen molar-refractivity contribution in [3.63, 3.8) is 0 Å². The minimum absolute atomic E-state index is 1.09. The van der Waals surface area contributed by atoms with Crippen LogP contribution in [0.4, 0.5) is 17.1 Å². The number of benzene rings is 8. The third kappa shape index (κ3) is 4.74. The van der Waals surface area contributed by atoms with Crippen LogP contribution in [0.15, 0.2) is 200 Å². The maximum atomic E-state index is 2.45. The van der Waals surface area contributed by atoms with E-state index in [2.05, 4.69) is 214 Å². The lowest BCUT2D eigenvalue weighted by Crippen LogP contribution is -2.11. The molecule has 0 aliphatic rings. The molecule has 10 aromatic rings. The van der Waals surface area contributed by atoms with E-state index in [4.69, 9.17) is 0 Å². The van der Waals surface area contributed by atoms with E-state index in [9.17, 15) is 0 Å². The molecule has 8 aromatic carbocycles. The molecule has 3 heteroatoms. The smallest absolute Gasteiger partial charge is 0.0562 e. The lowest BCUT2D eigenvalue weighted by atomic mass is 10.0. The zero-order valence-electron chi connectivity index (χ0n) is 27.9. The lowest BCUT2D eigenvalue weighted by Gasteiger charge is -2.27. The largest absolute Gasteiger partial charge is 0.310 e. The number of para-hydroxylation sites is 4. The van der Waals surface area contributed by atoms with Crippen LogP contribution in [0.2, 0.25) is 0 Å². The summed E-state index contributed by atoms with van der Waals surface area (Å²) in [6.45, 7) is 0. The van der Waals surface area contributed by atoms with Crippen LogP contribution in [-0.2, 0) is 0 Å². The first kappa shape index (κ1) is 29.1. The minimum atomic E-state index is 1.09. The molecule has 0 bridgehead atoms. The van der Waals surface area contributed by atoms with E-state index < -0.39 is 0 Å². The first-order chi connectivity index (χ1) is 25.3. The Morgan fingerprint density at radius 3 is 1.55 bits per heavy atom. The predicted molar refractivity (Wildman–Crippen MR) is 215 cm³/mol. The van der Waals surface area contributed by atoms with Gasteiger partial charge >= 0.3 is 0 Å². The van der Waals surface area contributed by atoms with E-state index in [1.54, 1.807) is 0 Å². The van der Waals surface area contributed by atoms with Gasteiger partial charge in [-0.25, -0.2) is 0 Å². The monoisotopic (exact) mass is 651 g/mol. The van der Waals surface area contributed by atoms with E-state index in [1.165, 1.54) is 54.7 Å². The molecule has 3 nitrogen and oxygen atoms in total. The van der Waals surface area contributed by atoms with Gasteiger partial charge in [0.15, 0.2) is 0 Å². The molecule has 2 heterocycles. The number of rotatable bonds is 6. The fourth-order valence-corrected chi connectivity index (χ4v) is 7.88. The highest BCUT2D eigenvalue weighted by Gasteiger charge is 2.22. The van der Waals surface area contributed by atoms with Crippen molar-refractivity contribution < 1.29 is 0 Å². The number of hydrogen-bond donors (Lipinski definition) is 0. The molecule has 0 saturated carbocycles. The molecular weight excluding hydrogens is 619 g/mol. The molecular formula is C48H33N3. The second-order valence-electron chi connectivity index (χ2n) is 13.0. The SMILES string of the molecule is c1ccc(-c2cccc(N(c3ccc4c5ccccc5n(-c5ccccc5)c4c3)c3cccc4c3c3ccccc3n4-c3ccccc3)c2)cc1. The average Bonchev–Trinajstić information content (AvgIpc) is 3.72. The van der Waals surface area contributed by atoms with Gasteiger partial charge in [0.1, 0.15) is 0 Å². The molecule has 0 N–H and O–H groups in total. The fourth-order valence-electron chi connectivity index (χ4n) is 7.88. The highest BCUT2D eigenvalue weighted by molar-refractivity contribution is 6.17. The number of nitrogens with zero attached hydrogens (tertiary/aromatic N) is 3. The first-order valence-electron chi connectivity index (χ1n) is 17.5. The molecule has 240 valence electrons. The van der Waals surface area contributed by atoms with Crippen LogP contribution < -0.4 is 4.90 Å². The number of hydrogen-bond acceptors (Lipinski definition) is 1. The Labute approximate surface area is 296 Å². The summed E-state index contributed by atoms with van der Waals surface area (Å²) < 4.78 is 4.79. The van der Waals surface area contributed by atoms with Crippen molar-refractivity contribution in [2.75, 3.05) is 4.90 Å². The molecule has 10 rings (SSSR count). The summed E-state index contributed by atoms with van der Waals surface area (Å²) >= 11 is 0.